The molecule has 15 heteroatoms. The summed E-state index contributed by atoms with van der Waals surface area (Å²) in [6.07, 6.45) is 2.89. The van der Waals surface area contributed by atoms with E-state index < -0.39 is 66.0 Å². The van der Waals surface area contributed by atoms with Crippen molar-refractivity contribution in [1.82, 2.24) is 18.9 Å². The first-order chi connectivity index (χ1) is 20.7. The third-order valence-corrected chi connectivity index (χ3v) is 9.86. The lowest BCUT2D eigenvalue weighted by Crippen LogP contribution is -2.42. The van der Waals surface area contributed by atoms with Gasteiger partial charge in [0.1, 0.15) is 17.2 Å². The molecule has 4 rings (SSSR count). The molecule has 0 amide bonds. The number of carbonyl (C=O) groups excluding carboxylic acids is 1. The molecule has 242 valence electrons. The third kappa shape index (κ3) is 8.00. The molecule has 0 aliphatic carbocycles. The number of anilines is 1. The quantitative estimate of drug-likeness (QED) is 0.245. The average Bonchev–Trinajstić information content (AvgIpc) is 3.27. The van der Waals surface area contributed by atoms with Crippen LogP contribution in [0.25, 0.3) is 22.4 Å². The number of esters is 1. The maximum absolute atomic E-state index is 15.1. The van der Waals surface area contributed by atoms with Crippen LogP contribution in [-0.2, 0) is 29.4 Å². The van der Waals surface area contributed by atoms with E-state index in [0.29, 0.717) is 0 Å². The second kappa shape index (κ2) is 12.1. The molecule has 0 saturated heterocycles. The molecule has 0 aliphatic heterocycles. The zero-order valence-electron chi connectivity index (χ0n) is 25.9. The van der Waals surface area contributed by atoms with Gasteiger partial charge in [-0.25, -0.2) is 44.5 Å². The fourth-order valence-electron chi connectivity index (χ4n) is 4.37. The van der Waals surface area contributed by atoms with E-state index in [4.69, 9.17) is 4.74 Å². The lowest BCUT2D eigenvalue weighted by atomic mass is 9.88. The molecule has 3 aromatic heterocycles. The summed E-state index contributed by atoms with van der Waals surface area (Å²) in [5.74, 6) is -4.56. The molecule has 0 spiro atoms. The summed E-state index contributed by atoms with van der Waals surface area (Å²) < 4.78 is 88.6. The third-order valence-electron chi connectivity index (χ3n) is 6.68. The van der Waals surface area contributed by atoms with Crippen molar-refractivity contribution < 1.29 is 35.1 Å². The minimum atomic E-state index is -4.20. The molecule has 0 aliphatic rings. The highest BCUT2D eigenvalue weighted by molar-refractivity contribution is 7.92. The van der Waals surface area contributed by atoms with Crippen LogP contribution in [0.4, 0.5) is 14.6 Å². The van der Waals surface area contributed by atoms with Crippen molar-refractivity contribution >= 4 is 42.7 Å². The summed E-state index contributed by atoms with van der Waals surface area (Å²) in [6.45, 7) is 11.8. The van der Waals surface area contributed by atoms with Gasteiger partial charge >= 0.3 is 5.97 Å². The second-order valence-corrected chi connectivity index (χ2v) is 16.7. The summed E-state index contributed by atoms with van der Waals surface area (Å²) >= 11 is 0. The predicted molar refractivity (Wildman–Crippen MR) is 166 cm³/mol. The van der Waals surface area contributed by atoms with E-state index in [9.17, 15) is 26.0 Å². The van der Waals surface area contributed by atoms with Crippen molar-refractivity contribution in [2.75, 3.05) is 16.8 Å². The number of aromatic nitrogens is 4. The van der Waals surface area contributed by atoms with Gasteiger partial charge in [-0.1, -0.05) is 38.5 Å². The Labute approximate surface area is 261 Å². The van der Waals surface area contributed by atoms with E-state index in [1.807, 2.05) is 6.92 Å². The summed E-state index contributed by atoms with van der Waals surface area (Å²) in [5, 5.41) is 2.88. The van der Waals surface area contributed by atoms with Crippen molar-refractivity contribution in [1.29, 1.82) is 0 Å². The number of hydrogen-bond acceptors (Lipinski definition) is 10. The van der Waals surface area contributed by atoms with Gasteiger partial charge in [-0.3, -0.25) is 4.79 Å². The van der Waals surface area contributed by atoms with E-state index >= 15 is 4.39 Å². The monoisotopic (exact) mass is 663 g/mol. The minimum Gasteiger partial charge on any atom is -0.459 e. The van der Waals surface area contributed by atoms with Gasteiger partial charge in [-0.05, 0) is 51.3 Å². The molecule has 1 atom stereocenters. The van der Waals surface area contributed by atoms with E-state index in [-0.39, 0.29) is 33.1 Å². The Kier molecular flexibility index (Phi) is 9.10. The summed E-state index contributed by atoms with van der Waals surface area (Å²) in [4.78, 5) is 24.5. The van der Waals surface area contributed by atoms with Crippen LogP contribution in [0.3, 0.4) is 0 Å². The molecular weight excluding hydrogens is 628 g/mol. The highest BCUT2D eigenvalue weighted by Gasteiger charge is 2.33. The van der Waals surface area contributed by atoms with Crippen molar-refractivity contribution in [3.05, 3.63) is 66.1 Å². The summed E-state index contributed by atoms with van der Waals surface area (Å²) in [7, 11) is -8.23. The number of halogens is 2. The Morgan fingerprint density at radius 3 is 2.24 bits per heavy atom. The number of ether oxygens (including phenoxy) is 1. The van der Waals surface area contributed by atoms with Crippen LogP contribution in [0.15, 0.2) is 53.8 Å². The van der Waals surface area contributed by atoms with E-state index in [1.165, 1.54) is 18.3 Å². The molecule has 3 heterocycles. The van der Waals surface area contributed by atoms with Gasteiger partial charge in [0.15, 0.2) is 32.9 Å². The molecule has 0 bridgehead atoms. The number of rotatable bonds is 9. The van der Waals surface area contributed by atoms with Gasteiger partial charge in [0, 0.05) is 23.2 Å². The summed E-state index contributed by atoms with van der Waals surface area (Å²) in [5.41, 5.74) is -0.867. The molecule has 1 N–H and O–H groups in total. The highest BCUT2D eigenvalue weighted by Crippen LogP contribution is 2.33. The number of fused-ring (bicyclic) bond motifs is 1. The number of aryl methyl sites for hydroxylation is 1. The van der Waals surface area contributed by atoms with Gasteiger partial charge in [0.25, 0.3) is 10.0 Å². The number of nitrogens with zero attached hydrogens (tertiary/aromatic N) is 4. The van der Waals surface area contributed by atoms with Crippen LogP contribution in [-0.4, -0.2) is 64.9 Å². The lowest BCUT2D eigenvalue weighted by molar-refractivity contribution is -0.151. The van der Waals surface area contributed by atoms with Crippen LogP contribution in [0.1, 0.15) is 47.1 Å². The molecule has 45 heavy (non-hydrogen) atoms. The number of sulfone groups is 1. The van der Waals surface area contributed by atoms with Crippen LogP contribution >= 0.6 is 0 Å². The zero-order valence-corrected chi connectivity index (χ0v) is 27.6. The van der Waals surface area contributed by atoms with Gasteiger partial charge in [-0.2, -0.15) is 0 Å². The Bertz CT molecular complexity index is 1960. The van der Waals surface area contributed by atoms with Crippen LogP contribution in [0, 0.1) is 24.0 Å². The second-order valence-electron chi connectivity index (χ2n) is 12.8. The fraction of sp³-hybridized carbons (Fsp3) is 0.400. The van der Waals surface area contributed by atoms with Gasteiger partial charge in [0.2, 0.25) is 0 Å². The molecule has 0 saturated carbocycles. The standard InChI is InChI=1S/C30H35F2N5O6S2/c1-18-8-10-20(11-9-18)45(41,42)37-15-22(21-12-19(31)13-34-28(21)37)26-33-14-23(32)27(36-26)35-24(29(2,3)4)16-44(39,40)17-25(38)43-30(5,6)7/h8-15,24H,16-17H2,1-7H3,(H,33,35,36)/t24-/m1/s1. The van der Waals surface area contributed by atoms with Crippen molar-refractivity contribution in [2.45, 2.75) is 65.0 Å². The van der Waals surface area contributed by atoms with Gasteiger partial charge < -0.3 is 10.1 Å². The van der Waals surface area contributed by atoms with Crippen LogP contribution < -0.4 is 5.32 Å². The number of hydrogen-bond donors (Lipinski definition) is 1. The SMILES string of the molecule is Cc1ccc(S(=O)(=O)n2cc(-c3ncc(F)c(N[C@H](CS(=O)(=O)CC(=O)OC(C)(C)C)C(C)(C)C)n3)c3cc(F)cnc32)cc1. The van der Waals surface area contributed by atoms with Crippen molar-refractivity contribution in [3.8, 4) is 11.4 Å². The number of pyridine rings is 1. The minimum absolute atomic E-state index is 0.0364. The molecule has 0 fully saturated rings. The van der Waals surface area contributed by atoms with Crippen molar-refractivity contribution in [2.24, 2.45) is 5.41 Å². The number of carbonyl (C=O) groups is 1. The summed E-state index contributed by atoms with van der Waals surface area (Å²) in [6, 6.07) is 6.25. The van der Waals surface area contributed by atoms with Crippen LogP contribution in [0.2, 0.25) is 0 Å². The van der Waals surface area contributed by atoms with Gasteiger partial charge in [-0.15, -0.1) is 0 Å². The number of benzene rings is 1. The van der Waals surface area contributed by atoms with Crippen LogP contribution in [0.5, 0.6) is 0 Å². The molecule has 4 aromatic rings. The molecule has 11 nitrogen and oxygen atoms in total. The molecule has 1 aromatic carbocycles. The Morgan fingerprint density at radius 2 is 1.64 bits per heavy atom. The molecular formula is C30H35F2N5O6S2. The predicted octanol–water partition coefficient (Wildman–Crippen LogP) is 4.90. The maximum Gasteiger partial charge on any atom is 0.321 e. The average molecular weight is 664 g/mol. The lowest BCUT2D eigenvalue weighted by Gasteiger charge is -2.32. The molecule has 0 unspecified atom stereocenters. The fourth-order valence-corrected chi connectivity index (χ4v) is 7.33. The number of nitrogens with one attached hydrogen (secondary N) is 1. The highest BCUT2D eigenvalue weighted by atomic mass is 32.2. The topological polar surface area (TPSA) is 150 Å². The van der Waals surface area contributed by atoms with E-state index in [0.717, 1.165) is 28.0 Å². The first-order valence-electron chi connectivity index (χ1n) is 13.9. The first-order valence-corrected chi connectivity index (χ1v) is 17.1. The normalized spacial score (nSPS) is 13.5. The Hall–Kier alpha value is -3.98. The van der Waals surface area contributed by atoms with Crippen molar-refractivity contribution in [3.63, 3.8) is 0 Å². The van der Waals surface area contributed by atoms with Gasteiger partial charge in [0.05, 0.1) is 23.0 Å². The Balaban J connectivity index is 1.74. The molecule has 0 radical (unpaired) electrons. The maximum atomic E-state index is 15.1. The largest absolute Gasteiger partial charge is 0.459 e. The Morgan fingerprint density at radius 1 is 1.00 bits per heavy atom. The van der Waals surface area contributed by atoms with E-state index in [1.54, 1.807) is 53.7 Å². The van der Waals surface area contributed by atoms with E-state index in [2.05, 4.69) is 20.3 Å². The first kappa shape index (κ1) is 33.9. The smallest absolute Gasteiger partial charge is 0.321 e. The zero-order chi connectivity index (χ0) is 33.5.